The zero-order valence-electron chi connectivity index (χ0n) is 14.9. The molecule has 0 saturated heterocycles. The van der Waals surface area contributed by atoms with Crippen molar-refractivity contribution in [2.24, 2.45) is 0 Å². The van der Waals surface area contributed by atoms with Gasteiger partial charge in [-0.1, -0.05) is 30.3 Å². The van der Waals surface area contributed by atoms with Crippen LogP contribution in [0, 0.1) is 13.8 Å². The number of ketones is 1. The Morgan fingerprint density at radius 2 is 1.76 bits per heavy atom. The lowest BCUT2D eigenvalue weighted by atomic mass is 10.0. The van der Waals surface area contributed by atoms with Crippen LogP contribution in [-0.2, 0) is 9.53 Å². The maximum absolute atomic E-state index is 12.4. The molecule has 0 fully saturated rings. The molecule has 130 valence electrons. The molecule has 0 bridgehead atoms. The first-order chi connectivity index (χ1) is 11.9. The van der Waals surface area contributed by atoms with Crippen LogP contribution in [0.3, 0.4) is 0 Å². The molecule has 2 aromatic rings. The maximum atomic E-state index is 12.4. The van der Waals surface area contributed by atoms with Crippen LogP contribution in [0.15, 0.2) is 48.5 Å². The first kappa shape index (κ1) is 18.5. The highest BCUT2D eigenvalue weighted by Gasteiger charge is 2.18. The lowest BCUT2D eigenvalue weighted by Crippen LogP contribution is -2.23. The minimum absolute atomic E-state index is 0.220. The molecule has 0 radical (unpaired) electrons. The number of carbonyl (C=O) groups excluding carboxylic acids is 2. The molecule has 0 heterocycles. The number of hydrogen-bond donors (Lipinski definition) is 0. The molecule has 0 aliphatic carbocycles. The van der Waals surface area contributed by atoms with Crippen molar-refractivity contribution in [3.63, 3.8) is 0 Å². The summed E-state index contributed by atoms with van der Waals surface area (Å²) in [5, 5.41) is 0. The second-order valence-electron chi connectivity index (χ2n) is 5.82. The lowest BCUT2D eigenvalue weighted by molar-refractivity contribution is -0.140. The topological polar surface area (TPSA) is 52.6 Å². The first-order valence-corrected chi connectivity index (χ1v) is 8.05. The molecule has 4 nitrogen and oxygen atoms in total. The van der Waals surface area contributed by atoms with Crippen molar-refractivity contribution in [2.75, 3.05) is 7.11 Å². The molecule has 0 unspecified atom stereocenters. The van der Waals surface area contributed by atoms with E-state index in [1.165, 1.54) is 6.08 Å². The first-order valence-electron chi connectivity index (χ1n) is 8.05. The van der Waals surface area contributed by atoms with Crippen LogP contribution in [0.4, 0.5) is 0 Å². The van der Waals surface area contributed by atoms with Crippen LogP contribution in [0.5, 0.6) is 5.75 Å². The van der Waals surface area contributed by atoms with Crippen LogP contribution in [-0.4, -0.2) is 25.0 Å². The summed E-state index contributed by atoms with van der Waals surface area (Å²) in [5.41, 5.74) is 3.44. The Kier molecular flexibility index (Phi) is 6.12. The summed E-state index contributed by atoms with van der Waals surface area (Å²) < 4.78 is 10.4. The van der Waals surface area contributed by atoms with Crippen molar-refractivity contribution in [2.45, 2.75) is 26.9 Å². The van der Waals surface area contributed by atoms with Gasteiger partial charge in [0.25, 0.3) is 0 Å². The number of para-hydroxylation sites is 1. The Morgan fingerprint density at radius 3 is 2.44 bits per heavy atom. The van der Waals surface area contributed by atoms with Gasteiger partial charge in [-0.2, -0.15) is 0 Å². The van der Waals surface area contributed by atoms with Gasteiger partial charge in [0, 0.05) is 17.2 Å². The molecule has 0 amide bonds. The average Bonchev–Trinajstić information content (AvgIpc) is 2.61. The molecular formula is C21H22O4. The molecule has 0 aliphatic rings. The fourth-order valence-corrected chi connectivity index (χ4v) is 2.36. The van der Waals surface area contributed by atoms with Crippen LogP contribution >= 0.6 is 0 Å². The van der Waals surface area contributed by atoms with Gasteiger partial charge in [0.05, 0.1) is 7.11 Å². The fourth-order valence-electron chi connectivity index (χ4n) is 2.36. The monoisotopic (exact) mass is 338 g/mol. The maximum Gasteiger partial charge on any atom is 0.331 e. The van der Waals surface area contributed by atoms with E-state index in [4.69, 9.17) is 9.47 Å². The van der Waals surface area contributed by atoms with E-state index in [0.717, 1.165) is 16.7 Å². The Labute approximate surface area is 148 Å². The van der Waals surface area contributed by atoms with E-state index < -0.39 is 12.1 Å². The molecule has 0 N–H and O–H groups in total. The van der Waals surface area contributed by atoms with E-state index in [-0.39, 0.29) is 5.78 Å². The zero-order valence-corrected chi connectivity index (χ0v) is 14.9. The van der Waals surface area contributed by atoms with Gasteiger partial charge in [0.15, 0.2) is 6.10 Å². The Hall–Kier alpha value is -2.88. The normalized spacial score (nSPS) is 12.0. The summed E-state index contributed by atoms with van der Waals surface area (Å²) >= 11 is 0. The molecule has 0 saturated carbocycles. The molecule has 25 heavy (non-hydrogen) atoms. The number of hydrogen-bond acceptors (Lipinski definition) is 4. The summed E-state index contributed by atoms with van der Waals surface area (Å²) in [7, 11) is 1.56. The number of ether oxygens (including phenoxy) is 2. The summed E-state index contributed by atoms with van der Waals surface area (Å²) in [6, 6.07) is 12.8. The van der Waals surface area contributed by atoms with E-state index in [1.807, 2.05) is 44.2 Å². The predicted molar refractivity (Wildman–Crippen MR) is 97.8 cm³/mol. The van der Waals surface area contributed by atoms with Crippen LogP contribution in [0.2, 0.25) is 0 Å². The van der Waals surface area contributed by atoms with Gasteiger partial charge in [-0.15, -0.1) is 0 Å². The summed E-state index contributed by atoms with van der Waals surface area (Å²) in [6.07, 6.45) is 2.05. The minimum Gasteiger partial charge on any atom is -0.496 e. The third kappa shape index (κ3) is 4.80. The van der Waals surface area contributed by atoms with Gasteiger partial charge in [-0.3, -0.25) is 4.79 Å². The average molecular weight is 338 g/mol. The van der Waals surface area contributed by atoms with Crippen LogP contribution < -0.4 is 4.74 Å². The SMILES string of the molecule is COc1ccccc1/C=C/C(=O)O[C@@H](C)C(=O)c1ccc(C)c(C)c1. The number of methoxy groups -OCH3 is 1. The van der Waals surface area contributed by atoms with Crippen molar-refractivity contribution < 1.29 is 19.1 Å². The third-order valence-corrected chi connectivity index (χ3v) is 3.99. The smallest absolute Gasteiger partial charge is 0.331 e. The van der Waals surface area contributed by atoms with Crippen molar-refractivity contribution in [3.8, 4) is 5.75 Å². The van der Waals surface area contributed by atoms with Gasteiger partial charge in [-0.25, -0.2) is 4.79 Å². The molecular weight excluding hydrogens is 316 g/mol. The zero-order chi connectivity index (χ0) is 18.4. The number of carbonyl (C=O) groups is 2. The lowest BCUT2D eigenvalue weighted by Gasteiger charge is -2.12. The number of aryl methyl sites for hydroxylation is 2. The van der Waals surface area contributed by atoms with Crippen LogP contribution in [0.1, 0.15) is 34.0 Å². The molecule has 1 atom stereocenters. The molecule has 0 aliphatic heterocycles. The second kappa shape index (κ2) is 8.29. The molecule has 0 spiro atoms. The fraction of sp³-hybridized carbons (Fsp3) is 0.238. The minimum atomic E-state index is -0.850. The van der Waals surface area contributed by atoms with Gasteiger partial charge in [0.2, 0.25) is 5.78 Å². The van der Waals surface area contributed by atoms with E-state index in [9.17, 15) is 9.59 Å². The second-order valence-corrected chi connectivity index (χ2v) is 5.82. The number of Topliss-reactive ketones (excluding diaryl/α,β-unsaturated/α-hetero) is 1. The number of esters is 1. The number of benzene rings is 2. The standard InChI is InChI=1S/C21H22O4/c1-14-9-10-18(13-15(14)2)21(23)16(3)25-20(22)12-11-17-7-5-6-8-19(17)24-4/h5-13,16H,1-4H3/b12-11+/t16-/m0/s1. The van der Waals surface area contributed by atoms with E-state index in [0.29, 0.717) is 11.3 Å². The molecule has 2 aromatic carbocycles. The highest BCUT2D eigenvalue weighted by Crippen LogP contribution is 2.19. The summed E-state index contributed by atoms with van der Waals surface area (Å²) in [4.78, 5) is 24.4. The highest BCUT2D eigenvalue weighted by atomic mass is 16.5. The van der Waals surface area contributed by atoms with E-state index >= 15 is 0 Å². The summed E-state index contributed by atoms with van der Waals surface area (Å²) in [6.45, 7) is 5.50. The summed E-state index contributed by atoms with van der Waals surface area (Å²) in [5.74, 6) is -0.136. The largest absolute Gasteiger partial charge is 0.496 e. The highest BCUT2D eigenvalue weighted by molar-refractivity contribution is 6.01. The van der Waals surface area contributed by atoms with Crippen molar-refractivity contribution in [1.29, 1.82) is 0 Å². The Bertz CT molecular complexity index is 805. The van der Waals surface area contributed by atoms with Gasteiger partial charge >= 0.3 is 5.97 Å². The predicted octanol–water partition coefficient (Wildman–Crippen LogP) is 4.14. The molecule has 0 aromatic heterocycles. The quantitative estimate of drug-likeness (QED) is 0.451. The van der Waals surface area contributed by atoms with Gasteiger partial charge in [-0.05, 0) is 50.1 Å². The van der Waals surface area contributed by atoms with Crippen molar-refractivity contribution in [3.05, 3.63) is 70.8 Å². The molecule has 2 rings (SSSR count). The van der Waals surface area contributed by atoms with Gasteiger partial charge in [0.1, 0.15) is 5.75 Å². The number of rotatable bonds is 6. The Morgan fingerprint density at radius 1 is 1.04 bits per heavy atom. The van der Waals surface area contributed by atoms with E-state index in [2.05, 4.69) is 0 Å². The Balaban J connectivity index is 2.03. The van der Waals surface area contributed by atoms with Crippen LogP contribution in [0.25, 0.3) is 6.08 Å². The van der Waals surface area contributed by atoms with Gasteiger partial charge < -0.3 is 9.47 Å². The molecule has 4 heteroatoms. The van der Waals surface area contributed by atoms with E-state index in [1.54, 1.807) is 32.2 Å². The van der Waals surface area contributed by atoms with Crippen molar-refractivity contribution in [1.82, 2.24) is 0 Å². The third-order valence-electron chi connectivity index (χ3n) is 3.99. The van der Waals surface area contributed by atoms with Crippen molar-refractivity contribution >= 4 is 17.8 Å².